The first kappa shape index (κ1) is 17.0. The molecule has 0 aliphatic carbocycles. The fourth-order valence-electron chi connectivity index (χ4n) is 1.80. The number of nitrogens with one attached hydrogen (secondary N) is 1. The number of thioether (sulfide) groups is 1. The first-order valence-electron chi connectivity index (χ1n) is 6.85. The molecule has 108 valence electrons. The Hall–Kier alpha value is -0.0300. The Morgan fingerprint density at radius 2 is 2.11 bits per heavy atom. The fraction of sp³-hybridized carbons (Fsp3) is 0.600. The quantitative estimate of drug-likeness (QED) is 0.712. The summed E-state index contributed by atoms with van der Waals surface area (Å²) in [5.41, 5.74) is 1.40. The number of benzene rings is 1. The summed E-state index contributed by atoms with van der Waals surface area (Å²) in [6.07, 6.45) is 1.17. The molecule has 1 aromatic rings. The molecule has 1 aromatic carbocycles. The van der Waals surface area contributed by atoms with Crippen molar-refractivity contribution < 1.29 is 0 Å². The molecule has 0 aromatic heterocycles. The minimum atomic E-state index is 0.412. The summed E-state index contributed by atoms with van der Waals surface area (Å²) < 4.78 is 1.16. The van der Waals surface area contributed by atoms with Crippen LogP contribution in [0.3, 0.4) is 0 Å². The van der Waals surface area contributed by atoms with E-state index in [1.807, 2.05) is 11.8 Å². The molecule has 0 aliphatic heterocycles. The first-order chi connectivity index (χ1) is 9.04. The van der Waals surface area contributed by atoms with E-state index in [4.69, 9.17) is 0 Å². The van der Waals surface area contributed by atoms with Crippen LogP contribution in [0.15, 0.2) is 27.6 Å². The number of hydrogen-bond donors (Lipinski definition) is 1. The molecule has 2 nitrogen and oxygen atoms in total. The van der Waals surface area contributed by atoms with E-state index in [0.717, 1.165) is 23.3 Å². The monoisotopic (exact) mass is 344 g/mol. The molecular formula is C15H25BrN2S. The molecule has 1 atom stereocenters. The van der Waals surface area contributed by atoms with Crippen LogP contribution in [0.4, 0.5) is 0 Å². The van der Waals surface area contributed by atoms with Gasteiger partial charge in [-0.15, -0.1) is 11.8 Å². The van der Waals surface area contributed by atoms with Gasteiger partial charge in [-0.1, -0.05) is 28.9 Å². The topological polar surface area (TPSA) is 15.3 Å². The zero-order valence-electron chi connectivity index (χ0n) is 12.4. The molecular weight excluding hydrogens is 320 g/mol. The van der Waals surface area contributed by atoms with Crippen LogP contribution in [0.1, 0.15) is 31.9 Å². The molecule has 1 unspecified atom stereocenters. The summed E-state index contributed by atoms with van der Waals surface area (Å²) in [4.78, 5) is 3.61. The van der Waals surface area contributed by atoms with Crippen molar-refractivity contribution in [2.75, 3.05) is 32.9 Å². The minimum Gasteiger partial charge on any atom is -0.310 e. The van der Waals surface area contributed by atoms with Crippen LogP contribution in [0.25, 0.3) is 0 Å². The zero-order valence-corrected chi connectivity index (χ0v) is 14.8. The van der Waals surface area contributed by atoms with Crippen LogP contribution < -0.4 is 5.32 Å². The third-order valence-corrected chi connectivity index (χ3v) is 4.48. The number of halogens is 1. The molecule has 0 amide bonds. The molecule has 0 bridgehead atoms. The van der Waals surface area contributed by atoms with E-state index in [1.165, 1.54) is 16.9 Å². The highest BCUT2D eigenvalue weighted by molar-refractivity contribution is 9.10. The summed E-state index contributed by atoms with van der Waals surface area (Å²) in [6, 6.07) is 7.01. The number of rotatable bonds is 8. The SMILES string of the molecule is CCCNC(C)c1ccc(Br)cc1SCCN(C)C. The van der Waals surface area contributed by atoms with Gasteiger partial charge >= 0.3 is 0 Å². The average Bonchev–Trinajstić information content (AvgIpc) is 2.35. The van der Waals surface area contributed by atoms with Crippen LogP contribution >= 0.6 is 27.7 Å². The molecule has 0 saturated heterocycles. The van der Waals surface area contributed by atoms with Crippen molar-refractivity contribution >= 4 is 27.7 Å². The maximum absolute atomic E-state index is 3.57. The molecule has 0 spiro atoms. The van der Waals surface area contributed by atoms with Gasteiger partial charge in [-0.25, -0.2) is 0 Å². The maximum atomic E-state index is 3.57. The van der Waals surface area contributed by atoms with E-state index in [-0.39, 0.29) is 0 Å². The predicted octanol–water partition coefficient (Wildman–Crippen LogP) is 4.16. The lowest BCUT2D eigenvalue weighted by Crippen LogP contribution is -2.20. The number of nitrogens with zero attached hydrogens (tertiary/aromatic N) is 1. The summed E-state index contributed by atoms with van der Waals surface area (Å²) in [7, 11) is 4.24. The standard InChI is InChI=1S/C15H25BrN2S/c1-5-8-17-12(2)14-7-6-13(16)11-15(14)19-10-9-18(3)4/h6-7,11-12,17H,5,8-10H2,1-4H3. The van der Waals surface area contributed by atoms with Gasteiger partial charge in [0, 0.05) is 27.7 Å². The molecule has 1 N–H and O–H groups in total. The Morgan fingerprint density at radius 1 is 1.37 bits per heavy atom. The second kappa shape index (κ2) is 9.01. The largest absolute Gasteiger partial charge is 0.310 e. The van der Waals surface area contributed by atoms with Crippen LogP contribution in [-0.4, -0.2) is 37.8 Å². The highest BCUT2D eigenvalue weighted by atomic mass is 79.9. The van der Waals surface area contributed by atoms with Gasteiger partial charge < -0.3 is 10.2 Å². The highest BCUT2D eigenvalue weighted by Gasteiger charge is 2.11. The highest BCUT2D eigenvalue weighted by Crippen LogP contribution is 2.30. The molecule has 0 saturated carbocycles. The molecule has 0 radical (unpaired) electrons. The van der Waals surface area contributed by atoms with Crippen molar-refractivity contribution in [2.45, 2.75) is 31.2 Å². The van der Waals surface area contributed by atoms with Gasteiger partial charge in [0.1, 0.15) is 0 Å². The molecule has 19 heavy (non-hydrogen) atoms. The summed E-state index contributed by atoms with van der Waals surface area (Å²) in [6.45, 7) is 6.62. The van der Waals surface area contributed by atoms with Crippen molar-refractivity contribution in [3.8, 4) is 0 Å². The normalized spacial score (nSPS) is 12.9. The van der Waals surface area contributed by atoms with Crippen LogP contribution in [-0.2, 0) is 0 Å². The van der Waals surface area contributed by atoms with Gasteiger partial charge in [0.25, 0.3) is 0 Å². The molecule has 0 aliphatic rings. The smallest absolute Gasteiger partial charge is 0.0302 e. The average molecular weight is 345 g/mol. The second-order valence-electron chi connectivity index (χ2n) is 5.01. The summed E-state index contributed by atoms with van der Waals surface area (Å²) >= 11 is 5.51. The van der Waals surface area contributed by atoms with E-state index in [2.05, 4.69) is 72.3 Å². The predicted molar refractivity (Wildman–Crippen MR) is 90.1 cm³/mol. The fourth-order valence-corrected chi connectivity index (χ4v) is 3.61. The van der Waals surface area contributed by atoms with Gasteiger partial charge in [0.05, 0.1) is 0 Å². The molecule has 4 heteroatoms. The van der Waals surface area contributed by atoms with Crippen LogP contribution in [0.5, 0.6) is 0 Å². The Morgan fingerprint density at radius 3 is 2.74 bits per heavy atom. The molecule has 0 fully saturated rings. The number of hydrogen-bond acceptors (Lipinski definition) is 3. The Bertz CT molecular complexity index is 382. The van der Waals surface area contributed by atoms with Crippen molar-refractivity contribution in [3.05, 3.63) is 28.2 Å². The third kappa shape index (κ3) is 6.30. The van der Waals surface area contributed by atoms with Crippen LogP contribution in [0.2, 0.25) is 0 Å². The Labute approximate surface area is 130 Å². The second-order valence-corrected chi connectivity index (χ2v) is 7.06. The van der Waals surface area contributed by atoms with E-state index in [1.54, 1.807) is 0 Å². The molecule has 1 rings (SSSR count). The van der Waals surface area contributed by atoms with Crippen molar-refractivity contribution in [1.29, 1.82) is 0 Å². The van der Waals surface area contributed by atoms with E-state index >= 15 is 0 Å². The van der Waals surface area contributed by atoms with Gasteiger partial charge in [-0.2, -0.15) is 0 Å². The third-order valence-electron chi connectivity index (χ3n) is 2.94. The van der Waals surface area contributed by atoms with E-state index in [0.29, 0.717) is 6.04 Å². The van der Waals surface area contributed by atoms with Crippen LogP contribution in [0, 0.1) is 0 Å². The maximum Gasteiger partial charge on any atom is 0.0302 e. The lowest BCUT2D eigenvalue weighted by Gasteiger charge is -2.18. The van der Waals surface area contributed by atoms with Gasteiger partial charge in [0.2, 0.25) is 0 Å². The van der Waals surface area contributed by atoms with Crippen molar-refractivity contribution in [2.24, 2.45) is 0 Å². The first-order valence-corrected chi connectivity index (χ1v) is 8.62. The zero-order chi connectivity index (χ0) is 14.3. The van der Waals surface area contributed by atoms with Gasteiger partial charge in [-0.3, -0.25) is 0 Å². The van der Waals surface area contributed by atoms with E-state index < -0.39 is 0 Å². The summed E-state index contributed by atoms with van der Waals surface area (Å²) in [5.74, 6) is 1.12. The molecule has 0 heterocycles. The minimum absolute atomic E-state index is 0.412. The Kier molecular flexibility index (Phi) is 8.07. The lowest BCUT2D eigenvalue weighted by molar-refractivity contribution is 0.437. The lowest BCUT2D eigenvalue weighted by atomic mass is 10.1. The van der Waals surface area contributed by atoms with E-state index in [9.17, 15) is 0 Å². The van der Waals surface area contributed by atoms with Crippen molar-refractivity contribution in [1.82, 2.24) is 10.2 Å². The van der Waals surface area contributed by atoms with Gasteiger partial charge in [-0.05, 0) is 51.7 Å². The Balaban J connectivity index is 2.73. The summed E-state index contributed by atoms with van der Waals surface area (Å²) in [5, 5.41) is 3.57. The van der Waals surface area contributed by atoms with Gasteiger partial charge in [0.15, 0.2) is 0 Å². The van der Waals surface area contributed by atoms with Crippen molar-refractivity contribution in [3.63, 3.8) is 0 Å².